The van der Waals surface area contributed by atoms with E-state index in [1.807, 2.05) is 0 Å². The van der Waals surface area contributed by atoms with E-state index in [1.54, 1.807) is 0 Å². The van der Waals surface area contributed by atoms with Crippen LogP contribution in [0.15, 0.2) is 4.99 Å². The topological polar surface area (TPSA) is 40.1 Å². The molecule has 1 saturated heterocycles. The molecule has 0 aliphatic carbocycles. The van der Waals surface area contributed by atoms with Gasteiger partial charge in [0.05, 0.1) is 13.2 Å². The minimum Gasteiger partial charge on any atom is -0.379 e. The molecule has 1 rings (SSSR count). The number of unbranched alkanes of at least 4 members (excludes halogenated alkanes) is 1. The van der Waals surface area contributed by atoms with Crippen molar-refractivity contribution in [2.24, 2.45) is 10.9 Å². The van der Waals surface area contributed by atoms with Crippen LogP contribution in [-0.4, -0.2) is 75.3 Å². The number of hydrogen-bond donors (Lipinski definition) is 1. The Hall–Kier alpha value is -0.0800. The van der Waals surface area contributed by atoms with Crippen molar-refractivity contribution in [1.82, 2.24) is 15.1 Å². The van der Waals surface area contributed by atoms with E-state index in [4.69, 9.17) is 9.73 Å². The van der Waals surface area contributed by atoms with Gasteiger partial charge in [0.2, 0.25) is 0 Å². The molecule has 1 atom stereocenters. The van der Waals surface area contributed by atoms with Gasteiger partial charge in [-0.3, -0.25) is 9.89 Å². The van der Waals surface area contributed by atoms with Gasteiger partial charge in [-0.25, -0.2) is 0 Å². The van der Waals surface area contributed by atoms with Crippen molar-refractivity contribution in [2.45, 2.75) is 33.6 Å². The van der Waals surface area contributed by atoms with Gasteiger partial charge in [0.1, 0.15) is 0 Å². The fourth-order valence-electron chi connectivity index (χ4n) is 2.50. The lowest BCUT2D eigenvalue weighted by atomic mass is 10.1. The Labute approximate surface area is 153 Å². The smallest absolute Gasteiger partial charge is 0.193 e. The maximum atomic E-state index is 5.39. The number of rotatable bonds is 8. The van der Waals surface area contributed by atoms with Crippen molar-refractivity contribution in [3.63, 3.8) is 0 Å². The highest BCUT2D eigenvalue weighted by molar-refractivity contribution is 14.0. The highest BCUT2D eigenvalue weighted by atomic mass is 127. The minimum absolute atomic E-state index is 0. The molecule has 0 saturated carbocycles. The molecule has 22 heavy (non-hydrogen) atoms. The predicted molar refractivity (Wildman–Crippen MR) is 105 cm³/mol. The molecule has 1 unspecified atom stereocenters. The summed E-state index contributed by atoms with van der Waals surface area (Å²) < 4.78 is 5.39. The average Bonchev–Trinajstić information content (AvgIpc) is 2.50. The van der Waals surface area contributed by atoms with Crippen molar-refractivity contribution < 1.29 is 4.74 Å². The van der Waals surface area contributed by atoms with Gasteiger partial charge < -0.3 is 15.0 Å². The Morgan fingerprint density at radius 2 is 2.00 bits per heavy atom. The third-order valence-electron chi connectivity index (χ3n) is 3.77. The fourth-order valence-corrected chi connectivity index (χ4v) is 2.50. The third-order valence-corrected chi connectivity index (χ3v) is 3.77. The molecule has 0 aromatic carbocycles. The van der Waals surface area contributed by atoms with Crippen LogP contribution in [0.25, 0.3) is 0 Å². The summed E-state index contributed by atoms with van der Waals surface area (Å²) >= 11 is 0. The van der Waals surface area contributed by atoms with Crippen molar-refractivity contribution in [2.75, 3.05) is 59.5 Å². The van der Waals surface area contributed by atoms with Crippen molar-refractivity contribution >= 4 is 29.9 Å². The van der Waals surface area contributed by atoms with Gasteiger partial charge in [0, 0.05) is 46.3 Å². The molecule has 0 bridgehead atoms. The van der Waals surface area contributed by atoms with Crippen molar-refractivity contribution in [3.8, 4) is 0 Å². The molecule has 0 radical (unpaired) electrons. The van der Waals surface area contributed by atoms with E-state index < -0.39 is 0 Å². The summed E-state index contributed by atoms with van der Waals surface area (Å²) in [6, 6.07) is 0. The van der Waals surface area contributed by atoms with Crippen LogP contribution in [0, 0.1) is 5.92 Å². The first kappa shape index (κ1) is 21.9. The Kier molecular flexibility index (Phi) is 13.3. The predicted octanol–water partition coefficient (Wildman–Crippen LogP) is 2.27. The second-order valence-corrected chi connectivity index (χ2v) is 5.99. The molecule has 0 amide bonds. The van der Waals surface area contributed by atoms with E-state index in [1.165, 1.54) is 12.8 Å². The first-order valence-corrected chi connectivity index (χ1v) is 8.46. The second kappa shape index (κ2) is 13.4. The highest BCUT2D eigenvalue weighted by Gasteiger charge is 2.14. The highest BCUT2D eigenvalue weighted by Crippen LogP contribution is 2.04. The lowest BCUT2D eigenvalue weighted by molar-refractivity contribution is 0.0323. The Morgan fingerprint density at radius 3 is 2.59 bits per heavy atom. The van der Waals surface area contributed by atoms with E-state index in [0.29, 0.717) is 5.92 Å². The molecular formula is C16H35IN4O. The normalized spacial score (nSPS) is 17.7. The molecule has 0 aromatic heterocycles. The van der Waals surface area contributed by atoms with Gasteiger partial charge in [-0.2, -0.15) is 0 Å². The van der Waals surface area contributed by atoms with Crippen LogP contribution >= 0.6 is 24.0 Å². The van der Waals surface area contributed by atoms with Crippen LogP contribution in [0.5, 0.6) is 0 Å². The van der Waals surface area contributed by atoms with E-state index in [2.05, 4.69) is 42.9 Å². The van der Waals surface area contributed by atoms with Crippen LogP contribution in [0.2, 0.25) is 0 Å². The molecule has 1 heterocycles. The van der Waals surface area contributed by atoms with E-state index in [9.17, 15) is 0 Å². The molecular weight excluding hydrogens is 391 g/mol. The summed E-state index contributed by atoms with van der Waals surface area (Å²) in [5.74, 6) is 1.62. The first-order chi connectivity index (χ1) is 10.2. The van der Waals surface area contributed by atoms with E-state index in [-0.39, 0.29) is 24.0 Å². The van der Waals surface area contributed by atoms with Crippen LogP contribution in [-0.2, 0) is 4.74 Å². The SMILES string of the molecule is CCCCN(C)C(=NCC(C)CN1CCOCC1)NCC.I. The van der Waals surface area contributed by atoms with Gasteiger partial charge in [-0.05, 0) is 19.3 Å². The van der Waals surface area contributed by atoms with Crippen molar-refractivity contribution in [3.05, 3.63) is 0 Å². The van der Waals surface area contributed by atoms with E-state index in [0.717, 1.165) is 58.4 Å². The number of hydrogen-bond acceptors (Lipinski definition) is 3. The zero-order valence-corrected chi connectivity index (χ0v) is 17.1. The zero-order valence-electron chi connectivity index (χ0n) is 14.8. The van der Waals surface area contributed by atoms with Crippen LogP contribution in [0.4, 0.5) is 0 Å². The number of nitrogens with zero attached hydrogens (tertiary/aromatic N) is 3. The molecule has 1 fully saturated rings. The van der Waals surface area contributed by atoms with Crippen LogP contribution in [0.1, 0.15) is 33.6 Å². The summed E-state index contributed by atoms with van der Waals surface area (Å²) in [4.78, 5) is 9.53. The second-order valence-electron chi connectivity index (χ2n) is 5.99. The van der Waals surface area contributed by atoms with Crippen molar-refractivity contribution in [1.29, 1.82) is 0 Å². The molecule has 1 aliphatic heterocycles. The summed E-state index contributed by atoms with van der Waals surface area (Å²) in [5.41, 5.74) is 0. The van der Waals surface area contributed by atoms with Crippen LogP contribution < -0.4 is 5.32 Å². The van der Waals surface area contributed by atoms with Gasteiger partial charge >= 0.3 is 0 Å². The van der Waals surface area contributed by atoms with Gasteiger partial charge in [-0.15, -0.1) is 24.0 Å². The quantitative estimate of drug-likeness (QED) is 0.367. The largest absolute Gasteiger partial charge is 0.379 e. The monoisotopic (exact) mass is 426 g/mol. The van der Waals surface area contributed by atoms with Gasteiger partial charge in [0.15, 0.2) is 5.96 Å². The Morgan fingerprint density at radius 1 is 1.32 bits per heavy atom. The molecule has 0 aromatic rings. The Balaban J connectivity index is 0.00000441. The maximum Gasteiger partial charge on any atom is 0.193 e. The summed E-state index contributed by atoms with van der Waals surface area (Å²) in [6.07, 6.45) is 2.43. The summed E-state index contributed by atoms with van der Waals surface area (Å²) in [7, 11) is 2.13. The lowest BCUT2D eigenvalue weighted by Gasteiger charge is -2.29. The van der Waals surface area contributed by atoms with Gasteiger partial charge in [-0.1, -0.05) is 20.3 Å². The fraction of sp³-hybridized carbons (Fsp3) is 0.938. The maximum absolute atomic E-state index is 5.39. The van der Waals surface area contributed by atoms with Gasteiger partial charge in [0.25, 0.3) is 0 Å². The average molecular weight is 426 g/mol. The molecule has 6 heteroatoms. The minimum atomic E-state index is 0. The summed E-state index contributed by atoms with van der Waals surface area (Å²) in [6.45, 7) is 14.5. The van der Waals surface area contributed by atoms with E-state index >= 15 is 0 Å². The number of guanidine groups is 1. The summed E-state index contributed by atoms with van der Waals surface area (Å²) in [5, 5.41) is 3.39. The Bertz CT molecular complexity index is 296. The van der Waals surface area contributed by atoms with Crippen LogP contribution in [0.3, 0.4) is 0 Å². The number of halogens is 1. The number of ether oxygens (including phenoxy) is 1. The lowest BCUT2D eigenvalue weighted by Crippen LogP contribution is -2.41. The molecule has 1 aliphatic rings. The number of morpholine rings is 1. The number of nitrogens with one attached hydrogen (secondary N) is 1. The standard InChI is InChI=1S/C16H34N4O.HI/c1-5-7-8-19(4)16(17-6-2)18-13-15(3)14-20-9-11-21-12-10-20;/h15H,5-14H2,1-4H3,(H,17,18);1H. The zero-order chi connectivity index (χ0) is 15.5. The first-order valence-electron chi connectivity index (χ1n) is 8.46. The molecule has 1 N–H and O–H groups in total. The third kappa shape index (κ3) is 9.15. The molecule has 5 nitrogen and oxygen atoms in total. The number of aliphatic imine (C=N–C) groups is 1. The molecule has 132 valence electrons. The molecule has 0 spiro atoms.